The Hall–Kier alpha value is -4.09. The summed E-state index contributed by atoms with van der Waals surface area (Å²) in [5.41, 5.74) is 7.95. The summed E-state index contributed by atoms with van der Waals surface area (Å²) >= 11 is 6.13. The van der Waals surface area contributed by atoms with E-state index in [9.17, 15) is 19.7 Å². The van der Waals surface area contributed by atoms with E-state index in [1.807, 2.05) is 24.3 Å². The number of carbonyl (C=O) groups excluding carboxylic acids is 2. The van der Waals surface area contributed by atoms with E-state index in [0.717, 1.165) is 31.9 Å². The van der Waals surface area contributed by atoms with Crippen molar-refractivity contribution in [1.29, 1.82) is 0 Å². The Labute approximate surface area is 237 Å². The molecule has 2 aliphatic rings. The molecule has 0 bridgehead atoms. The third kappa shape index (κ3) is 6.54. The average molecular weight is 570 g/mol. The number of anilines is 1. The maximum absolute atomic E-state index is 13.4. The molecule has 0 spiro atoms. The van der Waals surface area contributed by atoms with Gasteiger partial charge in [0.25, 0.3) is 5.69 Å². The van der Waals surface area contributed by atoms with Crippen molar-refractivity contribution in [1.82, 2.24) is 10.2 Å². The van der Waals surface area contributed by atoms with Gasteiger partial charge in [-0.25, -0.2) is 9.59 Å². The highest BCUT2D eigenvalue weighted by Gasteiger charge is 2.39. The normalized spacial score (nSPS) is 17.9. The van der Waals surface area contributed by atoms with Crippen molar-refractivity contribution in [3.05, 3.63) is 91.9 Å². The van der Waals surface area contributed by atoms with E-state index in [-0.39, 0.29) is 35.9 Å². The molecule has 2 aliphatic heterocycles. The Bertz CT molecular complexity index is 1350. The molecule has 12 heteroatoms. The molecule has 1 saturated heterocycles. The minimum absolute atomic E-state index is 0.00275. The smallest absolute Gasteiger partial charge is 0.338 e. The Kier molecular flexibility index (Phi) is 9.28. The van der Waals surface area contributed by atoms with Gasteiger partial charge in [-0.2, -0.15) is 0 Å². The molecule has 4 rings (SSSR count). The highest BCUT2D eigenvalue weighted by molar-refractivity contribution is 6.30. The first kappa shape index (κ1) is 28.9. The van der Waals surface area contributed by atoms with Crippen LogP contribution in [0.1, 0.15) is 25.3 Å². The van der Waals surface area contributed by atoms with Crippen LogP contribution in [0.15, 0.2) is 71.2 Å². The van der Waals surface area contributed by atoms with Crippen LogP contribution in [0, 0.1) is 10.1 Å². The van der Waals surface area contributed by atoms with Gasteiger partial charge in [-0.05, 0) is 37.6 Å². The first-order valence-corrected chi connectivity index (χ1v) is 13.4. The number of hydrogen-bond acceptors (Lipinski definition) is 10. The summed E-state index contributed by atoms with van der Waals surface area (Å²) in [5.74, 6) is -2.36. The van der Waals surface area contributed by atoms with E-state index in [2.05, 4.69) is 15.1 Å². The molecule has 3 N–H and O–H groups in total. The Morgan fingerprint density at radius 3 is 2.45 bits per heavy atom. The van der Waals surface area contributed by atoms with Crippen molar-refractivity contribution < 1.29 is 24.0 Å². The molecule has 2 heterocycles. The van der Waals surface area contributed by atoms with E-state index in [0.29, 0.717) is 22.8 Å². The van der Waals surface area contributed by atoms with Gasteiger partial charge in [0.05, 0.1) is 28.6 Å². The SMILES string of the molecule is CCOC(=O)C1=C(N)NC(C)=C(C(=O)OCCN2CCN(c3cccc(Cl)c3)CC2)C1c1cccc([N+](=O)[O-])c1. The lowest BCUT2D eigenvalue weighted by molar-refractivity contribution is -0.384. The molecule has 1 fully saturated rings. The lowest BCUT2D eigenvalue weighted by Gasteiger charge is -2.36. The maximum Gasteiger partial charge on any atom is 0.338 e. The maximum atomic E-state index is 13.4. The van der Waals surface area contributed by atoms with Crippen LogP contribution in [-0.2, 0) is 19.1 Å². The van der Waals surface area contributed by atoms with Crippen molar-refractivity contribution in [2.24, 2.45) is 5.73 Å². The largest absolute Gasteiger partial charge is 0.463 e. The molecular weight excluding hydrogens is 538 g/mol. The lowest BCUT2D eigenvalue weighted by atomic mass is 9.81. The number of carbonyl (C=O) groups is 2. The number of allylic oxidation sites excluding steroid dienone is 1. The van der Waals surface area contributed by atoms with Crippen LogP contribution >= 0.6 is 11.6 Å². The number of benzene rings is 2. The second-order valence-corrected chi connectivity index (χ2v) is 9.88. The van der Waals surface area contributed by atoms with Crippen LogP contribution in [0.4, 0.5) is 11.4 Å². The zero-order valence-electron chi connectivity index (χ0n) is 22.4. The quantitative estimate of drug-likeness (QED) is 0.262. The van der Waals surface area contributed by atoms with Gasteiger partial charge in [0.2, 0.25) is 0 Å². The molecule has 0 radical (unpaired) electrons. The molecule has 1 atom stereocenters. The lowest BCUT2D eigenvalue weighted by Crippen LogP contribution is -2.47. The summed E-state index contributed by atoms with van der Waals surface area (Å²) in [4.78, 5) is 41.7. The molecule has 0 aliphatic carbocycles. The number of piperazine rings is 1. The van der Waals surface area contributed by atoms with E-state index >= 15 is 0 Å². The zero-order valence-corrected chi connectivity index (χ0v) is 23.1. The predicted molar refractivity (Wildman–Crippen MR) is 151 cm³/mol. The number of nitrogens with zero attached hydrogens (tertiary/aromatic N) is 3. The van der Waals surface area contributed by atoms with Crippen molar-refractivity contribution in [3.63, 3.8) is 0 Å². The minimum Gasteiger partial charge on any atom is -0.463 e. The first-order valence-electron chi connectivity index (χ1n) is 13.0. The van der Waals surface area contributed by atoms with Gasteiger partial charge in [-0.3, -0.25) is 15.0 Å². The molecule has 11 nitrogen and oxygen atoms in total. The third-order valence-corrected chi connectivity index (χ3v) is 7.14. The Morgan fingerprint density at radius 1 is 1.07 bits per heavy atom. The molecule has 2 aromatic rings. The van der Waals surface area contributed by atoms with Crippen molar-refractivity contribution >= 4 is 34.9 Å². The number of rotatable bonds is 9. The second kappa shape index (κ2) is 12.8. The zero-order chi connectivity index (χ0) is 28.8. The molecule has 212 valence electrons. The monoisotopic (exact) mass is 569 g/mol. The van der Waals surface area contributed by atoms with E-state index in [1.54, 1.807) is 19.9 Å². The van der Waals surface area contributed by atoms with Gasteiger partial charge in [-0.1, -0.05) is 29.8 Å². The first-order chi connectivity index (χ1) is 19.2. The fourth-order valence-corrected chi connectivity index (χ4v) is 5.14. The third-order valence-electron chi connectivity index (χ3n) is 6.91. The summed E-state index contributed by atoms with van der Waals surface area (Å²) in [7, 11) is 0. The van der Waals surface area contributed by atoms with Crippen LogP contribution in [0.25, 0.3) is 0 Å². The second-order valence-electron chi connectivity index (χ2n) is 9.44. The summed E-state index contributed by atoms with van der Waals surface area (Å²) in [6.45, 7) is 7.23. The van der Waals surface area contributed by atoms with Gasteiger partial charge in [0.1, 0.15) is 12.4 Å². The van der Waals surface area contributed by atoms with E-state index < -0.39 is 22.8 Å². The van der Waals surface area contributed by atoms with Crippen molar-refractivity contribution in [3.8, 4) is 0 Å². The molecule has 1 unspecified atom stereocenters. The molecule has 0 aromatic heterocycles. The van der Waals surface area contributed by atoms with Crippen LogP contribution in [0.2, 0.25) is 5.02 Å². The van der Waals surface area contributed by atoms with Crippen LogP contribution < -0.4 is 16.0 Å². The molecular formula is C28H32ClN5O6. The number of nitro groups is 1. The van der Waals surface area contributed by atoms with Gasteiger partial charge in [0, 0.05) is 61.3 Å². The summed E-state index contributed by atoms with van der Waals surface area (Å²) in [6.07, 6.45) is 0. The Morgan fingerprint density at radius 2 is 1.77 bits per heavy atom. The van der Waals surface area contributed by atoms with Crippen LogP contribution in [-0.4, -0.2) is 67.7 Å². The number of esters is 2. The fraction of sp³-hybridized carbons (Fsp3) is 0.357. The van der Waals surface area contributed by atoms with Crippen molar-refractivity contribution in [2.75, 3.05) is 50.8 Å². The number of nitro benzene ring substituents is 1. The number of dihydropyridines is 1. The number of nitrogens with one attached hydrogen (secondary N) is 1. The fourth-order valence-electron chi connectivity index (χ4n) is 4.96. The van der Waals surface area contributed by atoms with E-state index in [1.165, 1.54) is 18.2 Å². The topological polar surface area (TPSA) is 140 Å². The van der Waals surface area contributed by atoms with E-state index in [4.69, 9.17) is 26.8 Å². The van der Waals surface area contributed by atoms with Gasteiger partial charge < -0.3 is 25.4 Å². The average Bonchev–Trinajstić information content (AvgIpc) is 2.93. The van der Waals surface area contributed by atoms with Crippen LogP contribution in [0.3, 0.4) is 0 Å². The molecule has 2 aromatic carbocycles. The highest BCUT2D eigenvalue weighted by atomic mass is 35.5. The van der Waals surface area contributed by atoms with Gasteiger partial charge in [-0.15, -0.1) is 0 Å². The number of nitrogens with two attached hydrogens (primary N) is 1. The summed E-state index contributed by atoms with van der Waals surface area (Å²) in [5, 5.41) is 15.0. The molecule has 0 amide bonds. The minimum atomic E-state index is -1.01. The number of non-ortho nitro benzene ring substituents is 1. The standard InChI is InChI=1S/C28H32ClN5O6/c1-3-39-28(36)25-24(19-6-4-9-22(16-19)34(37)38)23(18(2)31-26(25)30)27(35)40-15-14-32-10-12-33(13-11-32)21-8-5-7-20(29)17-21/h4-9,16-17,24,31H,3,10-15,30H2,1-2H3. The summed E-state index contributed by atoms with van der Waals surface area (Å²) in [6, 6.07) is 13.5. The highest BCUT2D eigenvalue weighted by Crippen LogP contribution is 2.39. The Balaban J connectivity index is 1.47. The predicted octanol–water partition coefficient (Wildman–Crippen LogP) is 3.31. The molecule has 40 heavy (non-hydrogen) atoms. The van der Waals surface area contributed by atoms with Gasteiger partial charge in [0.15, 0.2) is 0 Å². The molecule has 0 saturated carbocycles. The van der Waals surface area contributed by atoms with Crippen molar-refractivity contribution in [2.45, 2.75) is 19.8 Å². The number of halogens is 1. The summed E-state index contributed by atoms with van der Waals surface area (Å²) < 4.78 is 10.9. The number of ether oxygens (including phenoxy) is 2. The number of hydrogen-bond donors (Lipinski definition) is 2. The van der Waals surface area contributed by atoms with Gasteiger partial charge >= 0.3 is 11.9 Å². The van der Waals surface area contributed by atoms with Crippen LogP contribution in [0.5, 0.6) is 0 Å².